The Kier molecular flexibility index (Phi) is 4.99. The van der Waals surface area contributed by atoms with Gasteiger partial charge in [-0.25, -0.2) is 8.78 Å². The fraction of sp³-hybridized carbons (Fsp3) is 0.500. The summed E-state index contributed by atoms with van der Waals surface area (Å²) in [7, 11) is 0. The van der Waals surface area contributed by atoms with Crippen LogP contribution in [-0.4, -0.2) is 36.2 Å². The third-order valence-corrected chi connectivity index (χ3v) is 4.18. The van der Waals surface area contributed by atoms with Crippen LogP contribution < -0.4 is 10.6 Å². The summed E-state index contributed by atoms with van der Waals surface area (Å²) in [4.78, 5) is 12.9. The van der Waals surface area contributed by atoms with E-state index in [-0.39, 0.29) is 11.2 Å². The predicted molar refractivity (Wildman–Crippen MR) is 76.1 cm³/mol. The van der Waals surface area contributed by atoms with Crippen LogP contribution in [0.25, 0.3) is 0 Å². The average Bonchev–Trinajstić information content (AvgIpc) is 2.78. The molecule has 3 nitrogen and oxygen atoms in total. The summed E-state index contributed by atoms with van der Waals surface area (Å²) >= 11 is 1.64. The lowest BCUT2D eigenvalue weighted by Crippen LogP contribution is -2.42. The molecule has 1 aliphatic rings. The van der Waals surface area contributed by atoms with Gasteiger partial charge >= 0.3 is 0 Å². The second-order valence-electron chi connectivity index (χ2n) is 4.98. The second-order valence-corrected chi connectivity index (χ2v) is 6.49. The Hall–Kier alpha value is -1.14. The molecule has 0 saturated carbocycles. The summed E-state index contributed by atoms with van der Waals surface area (Å²) in [6.45, 7) is 2.04. The van der Waals surface area contributed by atoms with Gasteiger partial charge in [-0.15, -0.1) is 11.8 Å². The van der Waals surface area contributed by atoms with Crippen LogP contribution in [0.5, 0.6) is 0 Å². The molecular weight excluding hydrogens is 282 g/mol. The number of amides is 1. The summed E-state index contributed by atoms with van der Waals surface area (Å²) < 4.78 is 26.0. The fourth-order valence-electron chi connectivity index (χ4n) is 2.04. The van der Waals surface area contributed by atoms with E-state index in [1.165, 1.54) is 0 Å². The number of nitrogens with one attached hydrogen (secondary N) is 2. The number of benzene rings is 1. The molecule has 2 atom stereocenters. The monoisotopic (exact) mass is 300 g/mol. The van der Waals surface area contributed by atoms with Gasteiger partial charge < -0.3 is 5.32 Å². The number of hydrogen-bond donors (Lipinski definition) is 2. The van der Waals surface area contributed by atoms with Crippen LogP contribution in [0.15, 0.2) is 35.2 Å². The Balaban J connectivity index is 1.73. The third-order valence-electron chi connectivity index (χ3n) is 3.07. The highest BCUT2D eigenvalue weighted by Crippen LogP contribution is 2.25. The zero-order chi connectivity index (χ0) is 14.6. The van der Waals surface area contributed by atoms with Crippen molar-refractivity contribution < 1.29 is 13.6 Å². The van der Waals surface area contributed by atoms with Crippen molar-refractivity contribution in [1.29, 1.82) is 0 Å². The van der Waals surface area contributed by atoms with Crippen LogP contribution in [0.3, 0.4) is 0 Å². The normalized spacial score (nSPS) is 22.4. The molecular formula is C14H18F2N2OS. The van der Waals surface area contributed by atoms with Crippen LogP contribution >= 0.6 is 11.8 Å². The van der Waals surface area contributed by atoms with Crippen molar-refractivity contribution in [3.05, 3.63) is 30.3 Å². The molecule has 1 fully saturated rings. The van der Waals surface area contributed by atoms with E-state index in [2.05, 4.69) is 10.6 Å². The van der Waals surface area contributed by atoms with Crippen molar-refractivity contribution in [3.8, 4) is 0 Å². The van der Waals surface area contributed by atoms with Gasteiger partial charge in [0.05, 0.1) is 12.6 Å². The molecule has 2 rings (SSSR count). The zero-order valence-electron chi connectivity index (χ0n) is 11.2. The molecule has 110 valence electrons. The Labute approximate surface area is 121 Å². The molecule has 1 heterocycles. The highest BCUT2D eigenvalue weighted by Gasteiger charge is 2.42. The van der Waals surface area contributed by atoms with E-state index < -0.39 is 24.9 Å². The van der Waals surface area contributed by atoms with Gasteiger partial charge in [0.2, 0.25) is 5.91 Å². The molecule has 2 unspecified atom stereocenters. The fourth-order valence-corrected chi connectivity index (χ4v) is 2.99. The Bertz CT molecular complexity index is 456. The first-order valence-corrected chi connectivity index (χ1v) is 7.45. The van der Waals surface area contributed by atoms with Crippen molar-refractivity contribution in [3.63, 3.8) is 0 Å². The number of rotatable bonds is 5. The van der Waals surface area contributed by atoms with Gasteiger partial charge in [0.1, 0.15) is 0 Å². The molecule has 2 N–H and O–H groups in total. The van der Waals surface area contributed by atoms with Gasteiger partial charge in [-0.05, 0) is 12.1 Å². The number of thioether (sulfide) groups is 1. The Morgan fingerprint density at radius 3 is 2.80 bits per heavy atom. The standard InChI is InChI=1S/C14H18F2N2OS/c1-10(20-11-5-3-2-4-6-11)8-17-13(19)12-7-14(15,16)9-18-12/h2-6,10,12,18H,7-9H2,1H3,(H,17,19). The number of hydrogen-bond acceptors (Lipinski definition) is 3. The highest BCUT2D eigenvalue weighted by molar-refractivity contribution is 8.00. The summed E-state index contributed by atoms with van der Waals surface area (Å²) in [5, 5.41) is 5.46. The van der Waals surface area contributed by atoms with E-state index in [1.807, 2.05) is 37.3 Å². The van der Waals surface area contributed by atoms with Crippen molar-refractivity contribution in [2.75, 3.05) is 13.1 Å². The summed E-state index contributed by atoms with van der Waals surface area (Å²) in [6.07, 6.45) is -0.418. The lowest BCUT2D eigenvalue weighted by molar-refractivity contribution is -0.123. The molecule has 1 saturated heterocycles. The minimum atomic E-state index is -2.77. The Morgan fingerprint density at radius 2 is 2.20 bits per heavy atom. The summed E-state index contributed by atoms with van der Waals surface area (Å²) in [5.41, 5.74) is 0. The smallest absolute Gasteiger partial charge is 0.262 e. The molecule has 20 heavy (non-hydrogen) atoms. The first kappa shape index (κ1) is 15.3. The van der Waals surface area contributed by atoms with Crippen molar-refractivity contribution in [2.24, 2.45) is 0 Å². The van der Waals surface area contributed by atoms with Crippen molar-refractivity contribution in [2.45, 2.75) is 35.5 Å². The predicted octanol–water partition coefficient (Wildman–Crippen LogP) is 2.28. The summed E-state index contributed by atoms with van der Waals surface area (Å²) in [6, 6.07) is 9.09. The lowest BCUT2D eigenvalue weighted by atomic mass is 10.2. The van der Waals surface area contributed by atoms with Gasteiger partial charge in [0.25, 0.3) is 5.92 Å². The van der Waals surface area contributed by atoms with Crippen molar-refractivity contribution >= 4 is 17.7 Å². The zero-order valence-corrected chi connectivity index (χ0v) is 12.1. The van der Waals surface area contributed by atoms with Crippen LogP contribution in [-0.2, 0) is 4.79 Å². The maximum atomic E-state index is 13.0. The summed E-state index contributed by atoms with van der Waals surface area (Å²) in [5.74, 6) is -3.12. The molecule has 1 aromatic carbocycles. The van der Waals surface area contributed by atoms with Gasteiger partial charge in [0, 0.05) is 23.1 Å². The molecule has 0 radical (unpaired) electrons. The van der Waals surface area contributed by atoms with Gasteiger partial charge in [-0.3, -0.25) is 10.1 Å². The van der Waals surface area contributed by atoms with Crippen LogP contribution in [0.4, 0.5) is 8.78 Å². The van der Waals surface area contributed by atoms with E-state index in [1.54, 1.807) is 11.8 Å². The lowest BCUT2D eigenvalue weighted by Gasteiger charge is -2.15. The van der Waals surface area contributed by atoms with E-state index in [4.69, 9.17) is 0 Å². The van der Waals surface area contributed by atoms with Gasteiger partial charge in [0.15, 0.2) is 0 Å². The number of carbonyl (C=O) groups is 1. The van der Waals surface area contributed by atoms with Gasteiger partial charge in [-0.2, -0.15) is 0 Å². The van der Waals surface area contributed by atoms with Crippen molar-refractivity contribution in [1.82, 2.24) is 10.6 Å². The van der Waals surface area contributed by atoms with E-state index in [0.717, 1.165) is 4.90 Å². The second kappa shape index (κ2) is 6.54. The first-order valence-electron chi connectivity index (χ1n) is 6.57. The topological polar surface area (TPSA) is 41.1 Å². The molecule has 0 aliphatic carbocycles. The first-order chi connectivity index (χ1) is 9.46. The maximum Gasteiger partial charge on any atom is 0.262 e. The number of halogens is 2. The number of alkyl halides is 2. The van der Waals surface area contributed by atoms with Gasteiger partial charge in [-0.1, -0.05) is 25.1 Å². The van der Waals surface area contributed by atoms with E-state index in [9.17, 15) is 13.6 Å². The molecule has 1 amide bonds. The molecule has 0 bridgehead atoms. The molecule has 0 aromatic heterocycles. The highest BCUT2D eigenvalue weighted by atomic mass is 32.2. The third kappa shape index (κ3) is 4.45. The van der Waals surface area contributed by atoms with E-state index in [0.29, 0.717) is 6.54 Å². The average molecular weight is 300 g/mol. The molecule has 1 aromatic rings. The maximum absolute atomic E-state index is 13.0. The van der Waals surface area contributed by atoms with E-state index >= 15 is 0 Å². The van der Waals surface area contributed by atoms with Crippen LogP contribution in [0.2, 0.25) is 0 Å². The quantitative estimate of drug-likeness (QED) is 0.820. The van der Waals surface area contributed by atoms with Crippen LogP contribution in [0.1, 0.15) is 13.3 Å². The Morgan fingerprint density at radius 1 is 1.50 bits per heavy atom. The molecule has 6 heteroatoms. The minimum Gasteiger partial charge on any atom is -0.354 e. The molecule has 1 aliphatic heterocycles. The SMILES string of the molecule is CC(CNC(=O)C1CC(F)(F)CN1)Sc1ccccc1. The minimum absolute atomic E-state index is 0.184. The molecule has 0 spiro atoms. The number of carbonyl (C=O) groups excluding carboxylic acids is 1. The largest absolute Gasteiger partial charge is 0.354 e. The van der Waals surface area contributed by atoms with Crippen LogP contribution in [0, 0.1) is 0 Å².